The molecule has 0 aromatic heterocycles. The van der Waals surface area contributed by atoms with Gasteiger partial charge in [0, 0.05) is 30.1 Å². The van der Waals surface area contributed by atoms with Crippen LogP contribution in [0.2, 0.25) is 0 Å². The fourth-order valence-electron chi connectivity index (χ4n) is 4.31. The van der Waals surface area contributed by atoms with Gasteiger partial charge in [-0.25, -0.2) is 0 Å². The molecule has 2 heterocycles. The van der Waals surface area contributed by atoms with Gasteiger partial charge in [0.25, 0.3) is 0 Å². The Bertz CT molecular complexity index is 342. The highest BCUT2D eigenvalue weighted by atomic mass is 35.5. The molecule has 3 aliphatic rings. The molecule has 124 valence electrons. The Labute approximate surface area is 140 Å². The van der Waals surface area contributed by atoms with Crippen molar-refractivity contribution in [3.63, 3.8) is 0 Å². The maximum absolute atomic E-state index is 12.3. The van der Waals surface area contributed by atoms with Gasteiger partial charge in [0.05, 0.1) is 0 Å². The maximum Gasteiger partial charge on any atom is 0.223 e. The van der Waals surface area contributed by atoms with E-state index in [1.165, 1.54) is 19.3 Å². The number of hydrogen-bond donors (Lipinski definition) is 2. The van der Waals surface area contributed by atoms with Gasteiger partial charge >= 0.3 is 0 Å². The van der Waals surface area contributed by atoms with Gasteiger partial charge in [0.2, 0.25) is 5.91 Å². The van der Waals surface area contributed by atoms with E-state index in [1.54, 1.807) is 0 Å². The third-order valence-electron chi connectivity index (χ3n) is 5.53. The predicted molar refractivity (Wildman–Crippen MR) is 90.2 cm³/mol. The zero-order valence-corrected chi connectivity index (χ0v) is 14.4. The van der Waals surface area contributed by atoms with E-state index in [0.717, 1.165) is 32.1 Å². The van der Waals surface area contributed by atoms with E-state index >= 15 is 0 Å². The fourth-order valence-corrected chi connectivity index (χ4v) is 4.31. The molecule has 6 heteroatoms. The molecule has 0 spiro atoms. The molecular formula is C15H29Cl2N3O. The maximum atomic E-state index is 12.3. The topological polar surface area (TPSA) is 58.4 Å². The second kappa shape index (κ2) is 8.00. The smallest absolute Gasteiger partial charge is 0.223 e. The first-order valence-corrected chi connectivity index (χ1v) is 7.91. The molecule has 2 saturated heterocycles. The summed E-state index contributed by atoms with van der Waals surface area (Å²) in [5.41, 5.74) is 5.90. The quantitative estimate of drug-likeness (QED) is 0.811. The minimum absolute atomic E-state index is 0. The molecule has 0 radical (unpaired) electrons. The second-order valence-corrected chi connectivity index (χ2v) is 6.85. The number of carbonyl (C=O) groups excluding carboxylic acids is 1. The summed E-state index contributed by atoms with van der Waals surface area (Å²) < 4.78 is 0. The van der Waals surface area contributed by atoms with Crippen LogP contribution in [0.4, 0.5) is 0 Å². The first-order chi connectivity index (χ1) is 9.13. The number of fused-ring (bicyclic) bond motifs is 2. The number of carbonyl (C=O) groups is 1. The zero-order valence-electron chi connectivity index (χ0n) is 12.8. The van der Waals surface area contributed by atoms with Gasteiger partial charge < -0.3 is 16.0 Å². The highest BCUT2D eigenvalue weighted by Crippen LogP contribution is 2.33. The van der Waals surface area contributed by atoms with Gasteiger partial charge in [-0.05, 0) is 52.0 Å². The number of hydrogen-bond acceptors (Lipinski definition) is 3. The average molecular weight is 338 g/mol. The molecule has 4 nitrogen and oxygen atoms in total. The summed E-state index contributed by atoms with van der Waals surface area (Å²) in [6.07, 6.45) is 9.10. The Kier molecular flexibility index (Phi) is 7.25. The van der Waals surface area contributed by atoms with Crippen molar-refractivity contribution in [2.24, 2.45) is 11.7 Å². The Balaban J connectivity index is 0.00000110. The Morgan fingerprint density at radius 2 is 1.67 bits per heavy atom. The number of nitrogens with one attached hydrogen (secondary N) is 1. The van der Waals surface area contributed by atoms with Crippen molar-refractivity contribution in [1.29, 1.82) is 0 Å². The van der Waals surface area contributed by atoms with Crippen LogP contribution in [0.5, 0.6) is 0 Å². The lowest BCUT2D eigenvalue weighted by molar-refractivity contribution is -0.126. The molecule has 2 aliphatic heterocycles. The standard InChI is InChI=1S/C15H27N3O.2ClH/c1-18-13-3-2-4-14(18)9-12(8-13)17-15(19)10-5-6-11(16)7-10;;/h10-14H,2-9,16H2,1H3,(H,17,19);2*1H. The monoisotopic (exact) mass is 337 g/mol. The number of piperidine rings is 2. The number of nitrogens with zero attached hydrogens (tertiary/aromatic N) is 1. The van der Waals surface area contributed by atoms with Crippen molar-refractivity contribution in [3.05, 3.63) is 0 Å². The molecule has 1 saturated carbocycles. The summed E-state index contributed by atoms with van der Waals surface area (Å²) in [7, 11) is 2.25. The van der Waals surface area contributed by atoms with E-state index < -0.39 is 0 Å². The number of rotatable bonds is 2. The SMILES string of the molecule is CN1C2CCCC1CC(NC(=O)C1CCC(N)C1)C2.Cl.Cl. The third-order valence-corrected chi connectivity index (χ3v) is 5.53. The highest BCUT2D eigenvalue weighted by molar-refractivity contribution is 5.85. The van der Waals surface area contributed by atoms with E-state index in [9.17, 15) is 4.79 Å². The van der Waals surface area contributed by atoms with Crippen molar-refractivity contribution in [1.82, 2.24) is 10.2 Å². The molecule has 0 aromatic rings. The van der Waals surface area contributed by atoms with Gasteiger partial charge in [-0.1, -0.05) is 6.42 Å². The fraction of sp³-hybridized carbons (Fsp3) is 0.933. The largest absolute Gasteiger partial charge is 0.353 e. The lowest BCUT2D eigenvalue weighted by atomic mass is 9.82. The van der Waals surface area contributed by atoms with Gasteiger partial charge in [-0.15, -0.1) is 24.8 Å². The summed E-state index contributed by atoms with van der Waals surface area (Å²) in [4.78, 5) is 14.8. The van der Waals surface area contributed by atoms with E-state index in [0.29, 0.717) is 18.1 Å². The first kappa shape index (κ1) is 19.0. The third kappa shape index (κ3) is 4.25. The van der Waals surface area contributed by atoms with E-state index in [4.69, 9.17) is 5.73 Å². The molecular weight excluding hydrogens is 309 g/mol. The van der Waals surface area contributed by atoms with Gasteiger partial charge in [0.15, 0.2) is 0 Å². The van der Waals surface area contributed by atoms with Crippen molar-refractivity contribution < 1.29 is 4.79 Å². The molecule has 2 bridgehead atoms. The normalized spacial score (nSPS) is 39.0. The van der Waals surface area contributed by atoms with Gasteiger partial charge in [0.1, 0.15) is 0 Å². The lowest BCUT2D eigenvalue weighted by Gasteiger charge is -2.47. The van der Waals surface area contributed by atoms with Crippen LogP contribution in [-0.4, -0.2) is 42.0 Å². The number of nitrogens with two attached hydrogens (primary N) is 1. The van der Waals surface area contributed by atoms with Crippen LogP contribution in [0.1, 0.15) is 51.4 Å². The van der Waals surface area contributed by atoms with Crippen LogP contribution in [0, 0.1) is 5.92 Å². The van der Waals surface area contributed by atoms with E-state index in [2.05, 4.69) is 17.3 Å². The van der Waals surface area contributed by atoms with Crippen LogP contribution in [0.25, 0.3) is 0 Å². The van der Waals surface area contributed by atoms with Gasteiger partial charge in [-0.3, -0.25) is 4.79 Å². The molecule has 21 heavy (non-hydrogen) atoms. The van der Waals surface area contributed by atoms with Crippen LogP contribution >= 0.6 is 24.8 Å². The van der Waals surface area contributed by atoms with Gasteiger partial charge in [-0.2, -0.15) is 0 Å². The van der Waals surface area contributed by atoms with Crippen LogP contribution in [0.3, 0.4) is 0 Å². The second-order valence-electron chi connectivity index (χ2n) is 6.85. The minimum Gasteiger partial charge on any atom is -0.353 e. The molecule has 3 rings (SSSR count). The van der Waals surface area contributed by atoms with E-state index in [1.807, 2.05) is 0 Å². The average Bonchev–Trinajstić information content (AvgIpc) is 2.77. The Morgan fingerprint density at radius 3 is 2.19 bits per heavy atom. The van der Waals surface area contributed by atoms with Crippen LogP contribution < -0.4 is 11.1 Å². The summed E-state index contributed by atoms with van der Waals surface area (Å²) in [5.74, 6) is 0.440. The van der Waals surface area contributed by atoms with E-state index in [-0.39, 0.29) is 42.7 Å². The molecule has 4 atom stereocenters. The van der Waals surface area contributed by atoms with Crippen molar-refractivity contribution >= 4 is 30.7 Å². The van der Waals surface area contributed by atoms with Crippen molar-refractivity contribution in [3.8, 4) is 0 Å². The molecule has 3 N–H and O–H groups in total. The summed E-state index contributed by atoms with van der Waals surface area (Å²) in [6.45, 7) is 0. The van der Waals surface area contributed by atoms with Crippen molar-refractivity contribution in [2.75, 3.05) is 7.05 Å². The predicted octanol–water partition coefficient (Wildman–Crippen LogP) is 2.09. The van der Waals surface area contributed by atoms with Crippen LogP contribution in [0.15, 0.2) is 0 Å². The summed E-state index contributed by atoms with van der Waals surface area (Å²) >= 11 is 0. The lowest BCUT2D eigenvalue weighted by Crippen LogP contribution is -2.55. The number of amides is 1. The zero-order chi connectivity index (χ0) is 13.4. The molecule has 1 aliphatic carbocycles. The van der Waals surface area contributed by atoms with Crippen LogP contribution in [-0.2, 0) is 4.79 Å². The minimum atomic E-state index is 0. The molecule has 4 unspecified atom stereocenters. The Morgan fingerprint density at radius 1 is 1.05 bits per heavy atom. The summed E-state index contributed by atoms with van der Waals surface area (Å²) in [6, 6.07) is 2.01. The Hall–Kier alpha value is -0.0300. The molecule has 1 amide bonds. The first-order valence-electron chi connectivity index (χ1n) is 7.91. The summed E-state index contributed by atoms with van der Waals surface area (Å²) in [5, 5.41) is 3.31. The molecule has 0 aromatic carbocycles. The molecule has 3 fully saturated rings. The number of halogens is 2. The highest BCUT2D eigenvalue weighted by Gasteiger charge is 2.37. The van der Waals surface area contributed by atoms with Crippen molar-refractivity contribution in [2.45, 2.75) is 75.5 Å².